The van der Waals surface area contributed by atoms with Crippen LogP contribution in [0.3, 0.4) is 0 Å². The summed E-state index contributed by atoms with van der Waals surface area (Å²) in [5.41, 5.74) is 1.98. The van der Waals surface area contributed by atoms with Crippen molar-refractivity contribution < 1.29 is 22.7 Å². The maximum Gasteiger partial charge on any atom is 0.246 e. The third-order valence-corrected chi connectivity index (χ3v) is 8.69. The molecule has 0 radical (unpaired) electrons. The topological polar surface area (TPSA) is 79.4 Å². The second-order valence-electron chi connectivity index (χ2n) is 8.84. The smallest absolute Gasteiger partial charge is 0.246 e. The van der Waals surface area contributed by atoms with Gasteiger partial charge in [-0.25, -0.2) is 8.42 Å². The van der Waals surface area contributed by atoms with E-state index in [1.807, 2.05) is 42.2 Å². The lowest BCUT2D eigenvalue weighted by Gasteiger charge is -2.39. The molecule has 0 aromatic heterocycles. The van der Waals surface area contributed by atoms with E-state index in [2.05, 4.69) is 4.90 Å². The highest BCUT2D eigenvalue weighted by atomic mass is 32.2. The molecule has 2 heterocycles. The maximum absolute atomic E-state index is 13.2. The number of amides is 1. The first-order chi connectivity index (χ1) is 16.3. The maximum atomic E-state index is 13.2. The minimum Gasteiger partial charge on any atom is -0.497 e. The van der Waals surface area contributed by atoms with Crippen LogP contribution in [0.15, 0.2) is 47.4 Å². The number of hydrogen-bond donors (Lipinski definition) is 0. The zero-order valence-electron chi connectivity index (χ0n) is 20.1. The number of benzene rings is 2. The molecule has 0 unspecified atom stereocenters. The van der Waals surface area contributed by atoms with Crippen molar-refractivity contribution in [3.63, 3.8) is 0 Å². The molecular formula is C25H33N3O5S. The van der Waals surface area contributed by atoms with Crippen molar-refractivity contribution in [2.45, 2.75) is 24.7 Å². The zero-order valence-corrected chi connectivity index (χ0v) is 20.9. The zero-order chi connectivity index (χ0) is 24.3. The molecule has 9 heteroatoms. The SMILES string of the molecule is COc1ccc(N2CCN(C(=O)C3CCN(S(=O)(=O)c4cc(C)ccc4OC)CC3)CC2)cc1. The fourth-order valence-electron chi connectivity index (χ4n) is 4.70. The van der Waals surface area contributed by atoms with Gasteiger partial charge in [-0.3, -0.25) is 4.79 Å². The summed E-state index contributed by atoms with van der Waals surface area (Å²) in [5, 5.41) is 0. The molecule has 0 bridgehead atoms. The molecular weight excluding hydrogens is 454 g/mol. The van der Waals surface area contributed by atoms with Crippen LogP contribution in [0.2, 0.25) is 0 Å². The molecule has 2 fully saturated rings. The van der Waals surface area contributed by atoms with E-state index in [4.69, 9.17) is 9.47 Å². The average Bonchev–Trinajstić information content (AvgIpc) is 2.88. The van der Waals surface area contributed by atoms with Gasteiger partial charge in [0.25, 0.3) is 0 Å². The molecule has 8 nitrogen and oxygen atoms in total. The fraction of sp³-hybridized carbons (Fsp3) is 0.480. The van der Waals surface area contributed by atoms with E-state index in [-0.39, 0.29) is 16.7 Å². The van der Waals surface area contributed by atoms with Crippen LogP contribution in [0.4, 0.5) is 5.69 Å². The highest BCUT2D eigenvalue weighted by Gasteiger charge is 2.35. The molecule has 4 rings (SSSR count). The Labute approximate surface area is 202 Å². The Morgan fingerprint density at radius 1 is 0.882 bits per heavy atom. The van der Waals surface area contributed by atoms with Gasteiger partial charge in [-0.1, -0.05) is 6.07 Å². The predicted molar refractivity (Wildman–Crippen MR) is 131 cm³/mol. The van der Waals surface area contributed by atoms with E-state index >= 15 is 0 Å². The van der Waals surface area contributed by atoms with Gasteiger partial charge < -0.3 is 19.3 Å². The largest absolute Gasteiger partial charge is 0.497 e. The lowest BCUT2D eigenvalue weighted by atomic mass is 9.96. The number of ether oxygens (including phenoxy) is 2. The molecule has 2 aliphatic heterocycles. The molecule has 0 spiro atoms. The quantitative estimate of drug-likeness (QED) is 0.624. The van der Waals surface area contributed by atoms with Gasteiger partial charge in [-0.15, -0.1) is 0 Å². The molecule has 34 heavy (non-hydrogen) atoms. The first-order valence-electron chi connectivity index (χ1n) is 11.7. The summed E-state index contributed by atoms with van der Waals surface area (Å²) >= 11 is 0. The number of rotatable bonds is 6. The highest BCUT2D eigenvalue weighted by molar-refractivity contribution is 7.89. The van der Waals surface area contributed by atoms with Crippen LogP contribution in [0.1, 0.15) is 18.4 Å². The summed E-state index contributed by atoms with van der Waals surface area (Å²) in [4.78, 5) is 17.5. The van der Waals surface area contributed by atoms with Gasteiger partial charge in [-0.2, -0.15) is 4.31 Å². The van der Waals surface area contributed by atoms with Crippen molar-refractivity contribution in [3.8, 4) is 11.5 Å². The summed E-state index contributed by atoms with van der Waals surface area (Å²) < 4.78 is 38.5. The minimum absolute atomic E-state index is 0.138. The van der Waals surface area contributed by atoms with Crippen molar-refractivity contribution in [2.75, 3.05) is 58.4 Å². The van der Waals surface area contributed by atoms with Crippen molar-refractivity contribution in [1.29, 1.82) is 0 Å². The monoisotopic (exact) mass is 487 g/mol. The summed E-state index contributed by atoms with van der Waals surface area (Å²) in [6.45, 7) is 5.42. The van der Waals surface area contributed by atoms with Crippen LogP contribution in [0, 0.1) is 12.8 Å². The van der Waals surface area contributed by atoms with Gasteiger partial charge in [0.15, 0.2) is 0 Å². The Bertz CT molecular complexity index is 1100. The number of piperazine rings is 1. The van der Waals surface area contributed by atoms with Crippen LogP contribution in [0.5, 0.6) is 11.5 Å². The molecule has 0 N–H and O–H groups in total. The number of carbonyl (C=O) groups is 1. The van der Waals surface area contributed by atoms with E-state index in [9.17, 15) is 13.2 Å². The lowest BCUT2D eigenvalue weighted by Crippen LogP contribution is -2.52. The number of nitrogens with zero attached hydrogens (tertiary/aromatic N) is 3. The van der Waals surface area contributed by atoms with E-state index < -0.39 is 10.0 Å². The average molecular weight is 488 g/mol. The van der Waals surface area contributed by atoms with Gasteiger partial charge in [0, 0.05) is 50.9 Å². The summed E-state index contributed by atoms with van der Waals surface area (Å²) in [6, 6.07) is 13.1. The molecule has 1 amide bonds. The molecule has 2 aliphatic rings. The number of piperidine rings is 1. The Morgan fingerprint density at radius 2 is 1.53 bits per heavy atom. The first-order valence-corrected chi connectivity index (χ1v) is 13.1. The Morgan fingerprint density at radius 3 is 2.12 bits per heavy atom. The number of anilines is 1. The number of aryl methyl sites for hydroxylation is 1. The third-order valence-electron chi connectivity index (χ3n) is 6.77. The normalized spacial score (nSPS) is 18.1. The van der Waals surface area contributed by atoms with Gasteiger partial charge in [-0.05, 0) is 61.7 Å². The van der Waals surface area contributed by atoms with Gasteiger partial charge >= 0.3 is 0 Å². The minimum atomic E-state index is -3.68. The van der Waals surface area contributed by atoms with E-state index in [0.717, 1.165) is 30.1 Å². The van der Waals surface area contributed by atoms with Crippen LogP contribution < -0.4 is 14.4 Å². The molecule has 2 aromatic rings. The molecule has 2 saturated heterocycles. The number of methoxy groups -OCH3 is 2. The van der Waals surface area contributed by atoms with E-state index in [1.54, 1.807) is 19.2 Å². The van der Waals surface area contributed by atoms with Crippen LogP contribution in [-0.2, 0) is 14.8 Å². The molecule has 0 atom stereocenters. The van der Waals surface area contributed by atoms with Gasteiger partial charge in [0.05, 0.1) is 14.2 Å². The molecule has 0 aliphatic carbocycles. The summed E-state index contributed by atoms with van der Waals surface area (Å²) in [6.07, 6.45) is 1.07. The lowest BCUT2D eigenvalue weighted by molar-refractivity contribution is -0.137. The van der Waals surface area contributed by atoms with Gasteiger partial charge in [0.1, 0.15) is 16.4 Å². The number of sulfonamides is 1. The van der Waals surface area contributed by atoms with E-state index in [1.165, 1.54) is 11.4 Å². The first kappa shape index (κ1) is 24.3. The van der Waals surface area contributed by atoms with Crippen molar-refractivity contribution in [1.82, 2.24) is 9.21 Å². The Hall–Kier alpha value is -2.78. The molecule has 184 valence electrons. The third kappa shape index (κ3) is 5.00. The molecule has 0 saturated carbocycles. The van der Waals surface area contributed by atoms with Crippen LogP contribution in [0.25, 0.3) is 0 Å². The van der Waals surface area contributed by atoms with Gasteiger partial charge in [0.2, 0.25) is 15.9 Å². The highest BCUT2D eigenvalue weighted by Crippen LogP contribution is 2.31. The van der Waals surface area contributed by atoms with Crippen molar-refractivity contribution in [2.24, 2.45) is 5.92 Å². The van der Waals surface area contributed by atoms with Crippen LogP contribution in [-0.4, -0.2) is 77.0 Å². The summed E-state index contributed by atoms with van der Waals surface area (Å²) in [5.74, 6) is 1.17. The Kier molecular flexibility index (Phi) is 7.33. The number of carbonyl (C=O) groups excluding carboxylic acids is 1. The standard InChI is InChI=1S/C25H33N3O5S/c1-19-4-9-23(33-3)24(18-19)34(30,31)28-12-10-20(11-13-28)25(29)27-16-14-26(15-17-27)21-5-7-22(32-2)8-6-21/h4-9,18,20H,10-17H2,1-3H3. The Balaban J connectivity index is 1.33. The summed E-state index contributed by atoms with van der Waals surface area (Å²) in [7, 11) is -0.550. The van der Waals surface area contributed by atoms with Crippen LogP contribution >= 0.6 is 0 Å². The fourth-order valence-corrected chi connectivity index (χ4v) is 6.41. The second kappa shape index (κ2) is 10.2. The molecule has 2 aromatic carbocycles. The van der Waals surface area contributed by atoms with Crippen molar-refractivity contribution in [3.05, 3.63) is 48.0 Å². The number of hydrogen-bond acceptors (Lipinski definition) is 6. The predicted octanol–water partition coefficient (Wildman–Crippen LogP) is 2.76. The second-order valence-corrected chi connectivity index (χ2v) is 10.7. The van der Waals surface area contributed by atoms with Crippen molar-refractivity contribution >= 4 is 21.6 Å². The van der Waals surface area contributed by atoms with E-state index in [0.29, 0.717) is 44.8 Å².